The fraction of sp³-hybridized carbons (Fsp3) is 0.300. The number of hydrogen-bond acceptors (Lipinski definition) is 1. The molecule has 0 aliphatic carbocycles. The van der Waals surface area contributed by atoms with Crippen LogP contribution < -0.4 is 5.32 Å². The molecule has 0 aromatic carbocycles. The van der Waals surface area contributed by atoms with Crippen LogP contribution in [0, 0.1) is 0 Å². The first kappa shape index (κ1) is 11.5. The van der Waals surface area contributed by atoms with Gasteiger partial charge in [-0.15, -0.1) is 19.7 Å². The van der Waals surface area contributed by atoms with Gasteiger partial charge in [-0.25, -0.2) is 10.1 Å². The number of carbonyl (C=O) groups excluding carboxylic acids is 1. The summed E-state index contributed by atoms with van der Waals surface area (Å²) in [5, 5.41) is 3.75. The molecule has 0 aromatic heterocycles. The van der Waals surface area contributed by atoms with Gasteiger partial charge in [0.1, 0.15) is 0 Å². The third-order valence-electron chi connectivity index (χ3n) is 1.33. The monoisotopic (exact) mass is 179 g/mol. The smallest absolute Gasteiger partial charge is 0.316 e. The highest BCUT2D eigenvalue weighted by Gasteiger charge is 2.09. The molecule has 0 saturated carbocycles. The molecule has 0 rings (SSSR count). The molecule has 0 unspecified atom stereocenters. The lowest BCUT2D eigenvalue weighted by atomic mass is 10.4. The van der Waals surface area contributed by atoms with Gasteiger partial charge >= 0.3 is 6.03 Å². The zero-order valence-corrected chi connectivity index (χ0v) is 7.78. The molecular formula is C10H15N2O. The van der Waals surface area contributed by atoms with Crippen molar-refractivity contribution in [2.24, 2.45) is 0 Å². The molecule has 0 spiro atoms. The van der Waals surface area contributed by atoms with E-state index in [-0.39, 0.29) is 6.03 Å². The minimum atomic E-state index is -0.250. The maximum Gasteiger partial charge on any atom is 0.339 e. The van der Waals surface area contributed by atoms with Crippen molar-refractivity contribution < 1.29 is 4.79 Å². The lowest BCUT2D eigenvalue weighted by Crippen LogP contribution is -2.36. The van der Waals surface area contributed by atoms with Crippen molar-refractivity contribution in [2.75, 3.05) is 19.6 Å². The zero-order valence-electron chi connectivity index (χ0n) is 7.78. The van der Waals surface area contributed by atoms with Crippen LogP contribution in [0.4, 0.5) is 4.79 Å². The average molecular weight is 179 g/mol. The first-order valence-electron chi connectivity index (χ1n) is 4.05. The van der Waals surface area contributed by atoms with Crippen molar-refractivity contribution in [3.63, 3.8) is 0 Å². The van der Waals surface area contributed by atoms with E-state index in [9.17, 15) is 4.79 Å². The third kappa shape index (κ3) is 4.85. The molecule has 0 aliphatic heterocycles. The summed E-state index contributed by atoms with van der Waals surface area (Å²) in [5.74, 6) is 0. The van der Waals surface area contributed by atoms with Gasteiger partial charge in [-0.1, -0.05) is 18.2 Å². The maximum atomic E-state index is 11.3. The molecule has 0 saturated heterocycles. The minimum absolute atomic E-state index is 0.250. The second-order valence-electron chi connectivity index (χ2n) is 2.39. The first-order valence-corrected chi connectivity index (χ1v) is 4.05. The van der Waals surface area contributed by atoms with Crippen molar-refractivity contribution in [3.8, 4) is 0 Å². The van der Waals surface area contributed by atoms with Gasteiger partial charge in [0.2, 0.25) is 0 Å². The van der Waals surface area contributed by atoms with E-state index < -0.39 is 0 Å². The van der Waals surface area contributed by atoms with E-state index in [0.717, 1.165) is 0 Å². The van der Waals surface area contributed by atoms with Crippen LogP contribution in [0.5, 0.6) is 0 Å². The SMILES string of the molecule is C=CC[N]C(=O)N(CC=C)CC=C. The Hall–Kier alpha value is -1.51. The number of hydrogen-bond donors (Lipinski definition) is 0. The second kappa shape index (κ2) is 7.16. The van der Waals surface area contributed by atoms with Crippen LogP contribution in [-0.2, 0) is 0 Å². The molecule has 1 radical (unpaired) electrons. The molecule has 3 nitrogen and oxygen atoms in total. The second-order valence-corrected chi connectivity index (χ2v) is 2.39. The highest BCUT2D eigenvalue weighted by molar-refractivity contribution is 5.74. The highest BCUT2D eigenvalue weighted by Crippen LogP contribution is 1.91. The lowest BCUT2D eigenvalue weighted by Gasteiger charge is -2.17. The standard InChI is InChI=1S/C10H15N2O/c1-4-7-11-10(13)12(8-5-2)9-6-3/h4-6H,1-3,7-9H2. The van der Waals surface area contributed by atoms with Crippen LogP contribution >= 0.6 is 0 Å². The predicted molar refractivity (Wildman–Crippen MR) is 54.6 cm³/mol. The molecule has 13 heavy (non-hydrogen) atoms. The van der Waals surface area contributed by atoms with Crippen molar-refractivity contribution in [3.05, 3.63) is 38.0 Å². The molecule has 0 aromatic rings. The molecule has 3 heteroatoms. The Kier molecular flexibility index (Phi) is 6.32. The Morgan fingerprint density at radius 3 is 2.08 bits per heavy atom. The molecule has 2 amide bonds. The molecule has 71 valence electrons. The van der Waals surface area contributed by atoms with Gasteiger partial charge in [-0.05, 0) is 0 Å². The molecule has 0 aliphatic rings. The summed E-state index contributed by atoms with van der Waals surface area (Å²) in [6.45, 7) is 11.9. The summed E-state index contributed by atoms with van der Waals surface area (Å²) in [6.07, 6.45) is 4.90. The normalized spacial score (nSPS) is 8.62. The Labute approximate surface area is 79.4 Å². The fourth-order valence-corrected chi connectivity index (χ4v) is 0.785. The highest BCUT2D eigenvalue weighted by atomic mass is 16.2. The van der Waals surface area contributed by atoms with E-state index >= 15 is 0 Å². The van der Waals surface area contributed by atoms with Crippen LogP contribution in [0.25, 0.3) is 0 Å². The summed E-state index contributed by atoms with van der Waals surface area (Å²) in [7, 11) is 0. The lowest BCUT2D eigenvalue weighted by molar-refractivity contribution is 0.208. The summed E-state index contributed by atoms with van der Waals surface area (Å²) in [4.78, 5) is 12.8. The molecule has 0 bridgehead atoms. The Morgan fingerprint density at radius 1 is 1.15 bits per heavy atom. The van der Waals surface area contributed by atoms with Gasteiger partial charge in [0.25, 0.3) is 0 Å². The summed E-state index contributed by atoms with van der Waals surface area (Å²) < 4.78 is 0. The summed E-state index contributed by atoms with van der Waals surface area (Å²) >= 11 is 0. The molecule has 0 N–H and O–H groups in total. The first-order chi connectivity index (χ1) is 6.26. The van der Waals surface area contributed by atoms with E-state index in [1.54, 1.807) is 23.1 Å². The number of carbonyl (C=O) groups is 1. The topological polar surface area (TPSA) is 34.4 Å². The van der Waals surface area contributed by atoms with Crippen LogP contribution in [0.2, 0.25) is 0 Å². The van der Waals surface area contributed by atoms with E-state index in [0.29, 0.717) is 19.6 Å². The van der Waals surface area contributed by atoms with Crippen molar-refractivity contribution in [1.82, 2.24) is 10.2 Å². The molecule has 0 atom stereocenters. The number of nitrogens with zero attached hydrogens (tertiary/aromatic N) is 2. The van der Waals surface area contributed by atoms with E-state index in [4.69, 9.17) is 0 Å². The van der Waals surface area contributed by atoms with Crippen LogP contribution in [0.1, 0.15) is 0 Å². The van der Waals surface area contributed by atoms with Crippen LogP contribution in [-0.4, -0.2) is 30.6 Å². The third-order valence-corrected chi connectivity index (χ3v) is 1.33. The van der Waals surface area contributed by atoms with Gasteiger partial charge in [0.15, 0.2) is 0 Å². The van der Waals surface area contributed by atoms with Gasteiger partial charge in [-0.3, -0.25) is 0 Å². The number of rotatable bonds is 6. The van der Waals surface area contributed by atoms with Crippen molar-refractivity contribution >= 4 is 6.03 Å². The van der Waals surface area contributed by atoms with Gasteiger partial charge in [0.05, 0.1) is 6.54 Å². The van der Waals surface area contributed by atoms with Crippen LogP contribution in [0.15, 0.2) is 38.0 Å². The number of amides is 2. The van der Waals surface area contributed by atoms with Gasteiger partial charge < -0.3 is 4.90 Å². The zero-order chi connectivity index (χ0) is 10.1. The molecular weight excluding hydrogens is 164 g/mol. The largest absolute Gasteiger partial charge is 0.339 e. The molecule has 0 fully saturated rings. The van der Waals surface area contributed by atoms with Gasteiger partial charge in [-0.2, -0.15) is 0 Å². The van der Waals surface area contributed by atoms with E-state index in [1.165, 1.54) is 0 Å². The predicted octanol–water partition coefficient (Wildman–Crippen LogP) is 1.57. The Bertz CT molecular complexity index is 189. The van der Waals surface area contributed by atoms with Crippen molar-refractivity contribution in [1.29, 1.82) is 0 Å². The van der Waals surface area contributed by atoms with E-state index in [2.05, 4.69) is 25.1 Å². The van der Waals surface area contributed by atoms with Gasteiger partial charge in [0, 0.05) is 13.1 Å². The summed E-state index contributed by atoms with van der Waals surface area (Å²) in [5.41, 5.74) is 0. The fourth-order valence-electron chi connectivity index (χ4n) is 0.785. The minimum Gasteiger partial charge on any atom is -0.316 e. The maximum absolute atomic E-state index is 11.3. The quantitative estimate of drug-likeness (QED) is 0.570. The van der Waals surface area contributed by atoms with Crippen molar-refractivity contribution in [2.45, 2.75) is 0 Å². The average Bonchev–Trinajstić information content (AvgIpc) is 2.14. The molecule has 0 heterocycles. The Morgan fingerprint density at radius 2 is 1.69 bits per heavy atom. The van der Waals surface area contributed by atoms with E-state index in [1.807, 2.05) is 0 Å². The Balaban J connectivity index is 4.00. The summed E-state index contributed by atoms with van der Waals surface area (Å²) in [6, 6.07) is -0.250. The number of urea groups is 1. The van der Waals surface area contributed by atoms with Crippen LogP contribution in [0.3, 0.4) is 0 Å².